The number of anilines is 1. The summed E-state index contributed by atoms with van der Waals surface area (Å²) in [5.74, 6) is 0.812. The Kier molecular flexibility index (Phi) is 5.57. The van der Waals surface area contributed by atoms with E-state index in [4.69, 9.17) is 5.26 Å². The fourth-order valence-electron chi connectivity index (χ4n) is 2.26. The van der Waals surface area contributed by atoms with Crippen LogP contribution >= 0.6 is 27.3 Å². The molecule has 0 amide bonds. The molecular weight excluding hydrogens is 384 g/mol. The third kappa shape index (κ3) is 4.40. The second-order valence-electron chi connectivity index (χ2n) is 5.19. The van der Waals surface area contributed by atoms with E-state index in [9.17, 15) is 0 Å². The van der Waals surface area contributed by atoms with Gasteiger partial charge in [0.05, 0.1) is 23.1 Å². The molecule has 1 aromatic carbocycles. The van der Waals surface area contributed by atoms with Crippen molar-refractivity contribution in [2.24, 2.45) is 0 Å². The van der Waals surface area contributed by atoms with Gasteiger partial charge in [0, 0.05) is 22.0 Å². The fourth-order valence-corrected chi connectivity index (χ4v) is 3.44. The van der Waals surface area contributed by atoms with Gasteiger partial charge in [0.25, 0.3) is 0 Å². The number of nitriles is 1. The van der Waals surface area contributed by atoms with Crippen molar-refractivity contribution in [3.8, 4) is 16.6 Å². The summed E-state index contributed by atoms with van der Waals surface area (Å²) in [4.78, 5) is 10.7. The van der Waals surface area contributed by atoms with Crippen LogP contribution in [-0.4, -0.2) is 16.5 Å². The van der Waals surface area contributed by atoms with E-state index >= 15 is 0 Å². The van der Waals surface area contributed by atoms with Gasteiger partial charge in [0.1, 0.15) is 12.1 Å². The predicted molar refractivity (Wildman–Crippen MR) is 101 cm³/mol. The summed E-state index contributed by atoms with van der Waals surface area (Å²) in [6.07, 6.45) is 2.94. The molecule has 0 saturated carbocycles. The first-order chi connectivity index (χ1) is 11.7. The van der Waals surface area contributed by atoms with Crippen molar-refractivity contribution in [1.82, 2.24) is 9.97 Å². The number of hydrogen-bond donors (Lipinski definition) is 1. The Morgan fingerprint density at radius 1 is 1.12 bits per heavy atom. The first-order valence-corrected chi connectivity index (χ1v) is 9.12. The van der Waals surface area contributed by atoms with Crippen molar-refractivity contribution in [3.05, 3.63) is 63.7 Å². The number of nitrogens with one attached hydrogen (secondary N) is 1. The number of nitrogens with zero attached hydrogens (tertiary/aromatic N) is 3. The van der Waals surface area contributed by atoms with E-state index in [0.29, 0.717) is 6.42 Å². The van der Waals surface area contributed by atoms with Crippen molar-refractivity contribution in [1.29, 1.82) is 5.26 Å². The van der Waals surface area contributed by atoms with Gasteiger partial charge in [-0.1, -0.05) is 28.1 Å². The third-order valence-corrected chi connectivity index (χ3v) is 5.10. The number of aromatic nitrogens is 2. The lowest BCUT2D eigenvalue weighted by atomic mass is 10.1. The molecule has 0 spiro atoms. The number of benzene rings is 1. The molecule has 1 N–H and O–H groups in total. The van der Waals surface area contributed by atoms with Crippen molar-refractivity contribution >= 4 is 33.1 Å². The highest BCUT2D eigenvalue weighted by molar-refractivity contribution is 9.10. The van der Waals surface area contributed by atoms with Crippen LogP contribution in [0.25, 0.3) is 10.6 Å². The van der Waals surface area contributed by atoms with Crippen LogP contribution in [0.1, 0.15) is 10.4 Å². The summed E-state index contributed by atoms with van der Waals surface area (Å²) in [6, 6.07) is 16.4. The Labute approximate surface area is 153 Å². The van der Waals surface area contributed by atoms with Gasteiger partial charge in [-0.25, -0.2) is 9.97 Å². The minimum atomic E-state index is 0.439. The van der Waals surface area contributed by atoms with Crippen LogP contribution in [0.5, 0.6) is 0 Å². The normalized spacial score (nSPS) is 10.3. The molecule has 120 valence electrons. The molecule has 0 aliphatic carbocycles. The topological polar surface area (TPSA) is 61.6 Å². The van der Waals surface area contributed by atoms with Gasteiger partial charge >= 0.3 is 0 Å². The summed E-state index contributed by atoms with van der Waals surface area (Å²) >= 11 is 5.04. The number of halogens is 1. The summed E-state index contributed by atoms with van der Waals surface area (Å²) in [5.41, 5.74) is 2.16. The monoisotopic (exact) mass is 398 g/mol. The van der Waals surface area contributed by atoms with Crippen LogP contribution in [0.3, 0.4) is 0 Å². The van der Waals surface area contributed by atoms with Crippen LogP contribution < -0.4 is 5.32 Å². The van der Waals surface area contributed by atoms with E-state index in [2.05, 4.69) is 49.4 Å². The smallest absolute Gasteiger partial charge is 0.129 e. The van der Waals surface area contributed by atoms with E-state index in [0.717, 1.165) is 38.7 Å². The van der Waals surface area contributed by atoms with Crippen LogP contribution in [0, 0.1) is 11.3 Å². The van der Waals surface area contributed by atoms with Crippen molar-refractivity contribution < 1.29 is 0 Å². The standard InChI is InChI=1S/C18H15BrN4S/c19-14-3-1-13(2-4-14)8-10-21-18-11-16(22-12-23-18)17-6-5-15(24-17)7-9-20/h1-6,11-12H,7-8,10H2,(H,21,22,23). The number of thiophene rings is 1. The molecule has 6 heteroatoms. The average molecular weight is 399 g/mol. The van der Waals surface area contributed by atoms with Gasteiger partial charge in [0.2, 0.25) is 0 Å². The maximum absolute atomic E-state index is 8.77. The van der Waals surface area contributed by atoms with Crippen LogP contribution in [0.2, 0.25) is 0 Å². The Balaban J connectivity index is 1.62. The maximum Gasteiger partial charge on any atom is 0.129 e. The molecule has 0 atom stereocenters. The second-order valence-corrected chi connectivity index (χ2v) is 7.28. The molecule has 2 heterocycles. The molecular formula is C18H15BrN4S. The SMILES string of the molecule is N#CCc1ccc(-c2cc(NCCc3ccc(Br)cc3)ncn2)s1. The fraction of sp³-hybridized carbons (Fsp3) is 0.167. The third-order valence-electron chi connectivity index (χ3n) is 3.47. The lowest BCUT2D eigenvalue weighted by molar-refractivity contribution is 1.000. The van der Waals surface area contributed by atoms with Gasteiger partial charge < -0.3 is 5.32 Å². The minimum absolute atomic E-state index is 0.439. The summed E-state index contributed by atoms with van der Waals surface area (Å²) in [7, 11) is 0. The zero-order valence-corrected chi connectivity index (χ0v) is 15.3. The Morgan fingerprint density at radius 2 is 1.96 bits per heavy atom. The van der Waals surface area contributed by atoms with Gasteiger partial charge in [-0.2, -0.15) is 5.26 Å². The van der Waals surface area contributed by atoms with Gasteiger partial charge in [-0.3, -0.25) is 0 Å². The van der Waals surface area contributed by atoms with Gasteiger partial charge in [-0.15, -0.1) is 11.3 Å². The second kappa shape index (κ2) is 8.04. The van der Waals surface area contributed by atoms with E-state index in [1.807, 2.05) is 30.3 Å². The molecule has 4 nitrogen and oxygen atoms in total. The first-order valence-electron chi connectivity index (χ1n) is 7.51. The average Bonchev–Trinajstić information content (AvgIpc) is 3.06. The Hall–Kier alpha value is -2.23. The largest absolute Gasteiger partial charge is 0.370 e. The molecule has 0 aliphatic rings. The van der Waals surface area contributed by atoms with Crippen molar-refractivity contribution in [3.63, 3.8) is 0 Å². The van der Waals surface area contributed by atoms with Crippen molar-refractivity contribution in [2.45, 2.75) is 12.8 Å². The number of hydrogen-bond acceptors (Lipinski definition) is 5. The molecule has 2 aromatic heterocycles. The number of rotatable bonds is 6. The molecule has 0 fully saturated rings. The van der Waals surface area contributed by atoms with Gasteiger partial charge in [0.15, 0.2) is 0 Å². The zero-order chi connectivity index (χ0) is 16.8. The van der Waals surface area contributed by atoms with Crippen LogP contribution in [-0.2, 0) is 12.8 Å². The minimum Gasteiger partial charge on any atom is -0.370 e. The quantitative estimate of drug-likeness (QED) is 0.653. The first kappa shape index (κ1) is 16.6. The summed E-state index contributed by atoms with van der Waals surface area (Å²) < 4.78 is 1.09. The molecule has 0 unspecified atom stereocenters. The van der Waals surface area contributed by atoms with Crippen LogP contribution in [0.15, 0.2) is 53.3 Å². The Bertz CT molecular complexity index is 852. The molecule has 0 saturated heterocycles. The summed E-state index contributed by atoms with van der Waals surface area (Å²) in [5, 5.41) is 12.1. The molecule has 0 bridgehead atoms. The molecule has 24 heavy (non-hydrogen) atoms. The lowest BCUT2D eigenvalue weighted by Crippen LogP contribution is -2.06. The highest BCUT2D eigenvalue weighted by Crippen LogP contribution is 2.27. The molecule has 0 radical (unpaired) electrons. The summed E-state index contributed by atoms with van der Waals surface area (Å²) in [6.45, 7) is 0.808. The maximum atomic E-state index is 8.77. The molecule has 0 aliphatic heterocycles. The zero-order valence-electron chi connectivity index (χ0n) is 12.9. The van der Waals surface area contributed by atoms with Gasteiger partial charge in [-0.05, 0) is 36.2 Å². The molecule has 3 rings (SSSR count). The highest BCUT2D eigenvalue weighted by Gasteiger charge is 2.06. The van der Waals surface area contributed by atoms with Crippen LogP contribution in [0.4, 0.5) is 5.82 Å². The lowest BCUT2D eigenvalue weighted by Gasteiger charge is -2.06. The predicted octanol–water partition coefficient (Wildman–Crippen LogP) is 4.69. The van der Waals surface area contributed by atoms with E-state index in [-0.39, 0.29) is 0 Å². The highest BCUT2D eigenvalue weighted by atomic mass is 79.9. The Morgan fingerprint density at radius 3 is 2.75 bits per heavy atom. The van der Waals surface area contributed by atoms with Crippen molar-refractivity contribution in [2.75, 3.05) is 11.9 Å². The van der Waals surface area contributed by atoms with E-state index < -0.39 is 0 Å². The molecule has 3 aromatic rings. The van der Waals surface area contributed by atoms with E-state index in [1.165, 1.54) is 5.56 Å². The van der Waals surface area contributed by atoms with E-state index in [1.54, 1.807) is 17.7 Å².